The predicted molar refractivity (Wildman–Crippen MR) is 66.0 cm³/mol. The van der Waals surface area contributed by atoms with E-state index in [-0.39, 0.29) is 0 Å². The average molecular weight is 286 g/mol. The maximum absolute atomic E-state index is 5.72. The number of aromatic amines is 1. The van der Waals surface area contributed by atoms with Crippen molar-refractivity contribution in [2.24, 2.45) is 0 Å². The van der Waals surface area contributed by atoms with Gasteiger partial charge in [-0.2, -0.15) is 0 Å². The smallest absolute Gasteiger partial charge is 0.121 e. The fraction of sp³-hybridized carbons (Fsp3) is 0.182. The van der Waals surface area contributed by atoms with Gasteiger partial charge < -0.3 is 4.98 Å². The molecule has 0 aliphatic carbocycles. The molecule has 0 unspecified atom stereocenters. The predicted octanol–water partition coefficient (Wildman–Crippen LogP) is 3.89. The highest BCUT2D eigenvalue weighted by molar-refractivity contribution is 9.10. The van der Waals surface area contributed by atoms with Crippen molar-refractivity contribution < 1.29 is 0 Å². The molecular weight excluding hydrogens is 275 g/mol. The number of hydrogen-bond donors (Lipinski definition) is 1. The summed E-state index contributed by atoms with van der Waals surface area (Å²) in [6.07, 6.45) is 0. The molecule has 0 radical (unpaired) electrons. The Labute approximate surface area is 102 Å². The molecule has 15 heavy (non-hydrogen) atoms. The minimum Gasteiger partial charge on any atom is -0.345 e. The zero-order chi connectivity index (χ0) is 10.8. The van der Waals surface area contributed by atoms with Crippen LogP contribution in [0.2, 0.25) is 0 Å². The molecular formula is C11H10BrClN2. The topological polar surface area (TPSA) is 28.7 Å². The van der Waals surface area contributed by atoms with E-state index in [0.717, 1.165) is 27.2 Å². The summed E-state index contributed by atoms with van der Waals surface area (Å²) in [5, 5.41) is 0. The molecule has 0 bridgehead atoms. The van der Waals surface area contributed by atoms with Crippen molar-refractivity contribution >= 4 is 27.5 Å². The molecule has 2 nitrogen and oxygen atoms in total. The first-order valence-corrected chi connectivity index (χ1v) is 5.91. The van der Waals surface area contributed by atoms with E-state index in [9.17, 15) is 0 Å². The van der Waals surface area contributed by atoms with Crippen LogP contribution in [0.3, 0.4) is 0 Å². The van der Waals surface area contributed by atoms with Gasteiger partial charge in [0.15, 0.2) is 0 Å². The van der Waals surface area contributed by atoms with Gasteiger partial charge in [0.1, 0.15) is 5.82 Å². The lowest BCUT2D eigenvalue weighted by Gasteiger charge is -1.98. The largest absolute Gasteiger partial charge is 0.345 e. The Hall–Kier alpha value is -0.800. The third-order valence-corrected chi connectivity index (χ3v) is 2.96. The van der Waals surface area contributed by atoms with E-state index < -0.39 is 0 Å². The van der Waals surface area contributed by atoms with E-state index in [2.05, 4.69) is 25.9 Å². The SMILES string of the molecule is Cc1[nH]c(CCl)nc1-c1ccc(Br)cc1. The van der Waals surface area contributed by atoms with E-state index in [1.165, 1.54) is 0 Å². The average Bonchev–Trinajstić information content (AvgIpc) is 2.61. The summed E-state index contributed by atoms with van der Waals surface area (Å²) in [4.78, 5) is 7.58. The third-order valence-electron chi connectivity index (χ3n) is 2.18. The molecule has 0 aliphatic heterocycles. The molecule has 1 aromatic carbocycles. The Balaban J connectivity index is 2.44. The van der Waals surface area contributed by atoms with E-state index in [0.29, 0.717) is 5.88 Å². The van der Waals surface area contributed by atoms with Crippen molar-refractivity contribution in [3.05, 3.63) is 40.3 Å². The molecule has 0 spiro atoms. The summed E-state index contributed by atoms with van der Waals surface area (Å²) < 4.78 is 1.07. The standard InChI is InChI=1S/C11H10BrClN2/c1-7-11(15-10(6-13)14-7)8-2-4-9(12)5-3-8/h2-5H,6H2,1H3,(H,14,15). The minimum absolute atomic E-state index is 0.414. The van der Waals surface area contributed by atoms with E-state index in [1.54, 1.807) is 0 Å². The second-order valence-electron chi connectivity index (χ2n) is 3.30. The quantitative estimate of drug-likeness (QED) is 0.833. The minimum atomic E-state index is 0.414. The van der Waals surface area contributed by atoms with Crippen LogP contribution in [0, 0.1) is 6.92 Å². The van der Waals surface area contributed by atoms with Crippen molar-refractivity contribution in [2.45, 2.75) is 12.8 Å². The van der Waals surface area contributed by atoms with Crippen molar-refractivity contribution in [3.63, 3.8) is 0 Å². The number of H-pyrrole nitrogens is 1. The fourth-order valence-electron chi connectivity index (χ4n) is 1.47. The lowest BCUT2D eigenvalue weighted by Crippen LogP contribution is -1.81. The Morgan fingerprint density at radius 1 is 1.33 bits per heavy atom. The number of alkyl halides is 1. The molecule has 0 amide bonds. The van der Waals surface area contributed by atoms with E-state index in [4.69, 9.17) is 11.6 Å². The maximum atomic E-state index is 5.72. The number of aryl methyl sites for hydroxylation is 1. The normalized spacial score (nSPS) is 10.6. The number of aromatic nitrogens is 2. The van der Waals surface area contributed by atoms with Crippen LogP contribution in [-0.2, 0) is 5.88 Å². The molecule has 0 fully saturated rings. The summed E-state index contributed by atoms with van der Waals surface area (Å²) in [5.74, 6) is 1.23. The summed E-state index contributed by atoms with van der Waals surface area (Å²) in [5.41, 5.74) is 3.12. The van der Waals surface area contributed by atoms with Gasteiger partial charge >= 0.3 is 0 Å². The summed E-state index contributed by atoms with van der Waals surface area (Å²) >= 11 is 9.13. The van der Waals surface area contributed by atoms with Gasteiger partial charge in [0.2, 0.25) is 0 Å². The first-order chi connectivity index (χ1) is 7.20. The summed E-state index contributed by atoms with van der Waals surface area (Å²) in [6, 6.07) is 8.07. The van der Waals surface area contributed by atoms with Crippen molar-refractivity contribution in [2.75, 3.05) is 0 Å². The van der Waals surface area contributed by atoms with Gasteiger partial charge in [-0.15, -0.1) is 11.6 Å². The highest BCUT2D eigenvalue weighted by atomic mass is 79.9. The van der Waals surface area contributed by atoms with Crippen LogP contribution in [0.5, 0.6) is 0 Å². The highest BCUT2D eigenvalue weighted by Gasteiger charge is 2.07. The van der Waals surface area contributed by atoms with Gasteiger partial charge in [-0.1, -0.05) is 28.1 Å². The molecule has 2 aromatic rings. The van der Waals surface area contributed by atoms with Crippen molar-refractivity contribution in [1.82, 2.24) is 9.97 Å². The second-order valence-corrected chi connectivity index (χ2v) is 4.48. The number of nitrogens with zero attached hydrogens (tertiary/aromatic N) is 1. The van der Waals surface area contributed by atoms with E-state index >= 15 is 0 Å². The van der Waals surface area contributed by atoms with Crippen LogP contribution in [0.1, 0.15) is 11.5 Å². The first kappa shape index (κ1) is 10.7. The molecule has 78 valence electrons. The van der Waals surface area contributed by atoms with Crippen LogP contribution in [-0.4, -0.2) is 9.97 Å². The number of benzene rings is 1. The lowest BCUT2D eigenvalue weighted by atomic mass is 10.1. The van der Waals surface area contributed by atoms with Gasteiger partial charge in [0, 0.05) is 15.7 Å². The summed E-state index contributed by atoms with van der Waals surface area (Å²) in [7, 11) is 0. The molecule has 0 saturated heterocycles. The van der Waals surface area contributed by atoms with E-state index in [1.807, 2.05) is 31.2 Å². The van der Waals surface area contributed by atoms with Gasteiger partial charge in [-0.25, -0.2) is 4.98 Å². The van der Waals surface area contributed by atoms with Crippen LogP contribution >= 0.6 is 27.5 Å². The van der Waals surface area contributed by atoms with Crippen molar-refractivity contribution in [1.29, 1.82) is 0 Å². The molecule has 0 saturated carbocycles. The van der Waals surface area contributed by atoms with Crippen molar-refractivity contribution in [3.8, 4) is 11.3 Å². The number of halogens is 2. The first-order valence-electron chi connectivity index (χ1n) is 4.58. The van der Waals surface area contributed by atoms with Crippen LogP contribution < -0.4 is 0 Å². The number of hydrogen-bond acceptors (Lipinski definition) is 1. The Bertz CT molecular complexity index is 462. The molecule has 4 heteroatoms. The lowest BCUT2D eigenvalue weighted by molar-refractivity contribution is 1.10. The molecule has 0 aliphatic rings. The van der Waals surface area contributed by atoms with Gasteiger partial charge in [0.05, 0.1) is 11.6 Å². The van der Waals surface area contributed by atoms with Gasteiger partial charge in [-0.05, 0) is 19.1 Å². The Kier molecular flexibility index (Phi) is 3.12. The zero-order valence-corrected chi connectivity index (χ0v) is 10.6. The van der Waals surface area contributed by atoms with Crippen LogP contribution in [0.15, 0.2) is 28.7 Å². The maximum Gasteiger partial charge on any atom is 0.121 e. The van der Waals surface area contributed by atoms with Gasteiger partial charge in [-0.3, -0.25) is 0 Å². The molecule has 2 rings (SSSR count). The molecule has 1 heterocycles. The fourth-order valence-corrected chi connectivity index (χ4v) is 1.87. The highest BCUT2D eigenvalue weighted by Crippen LogP contribution is 2.23. The van der Waals surface area contributed by atoms with Crippen LogP contribution in [0.25, 0.3) is 11.3 Å². The Morgan fingerprint density at radius 3 is 2.53 bits per heavy atom. The van der Waals surface area contributed by atoms with Gasteiger partial charge in [0.25, 0.3) is 0 Å². The molecule has 1 N–H and O–H groups in total. The van der Waals surface area contributed by atoms with Crippen LogP contribution in [0.4, 0.5) is 0 Å². The molecule has 0 atom stereocenters. The number of imidazole rings is 1. The third kappa shape index (κ3) is 2.24. The number of nitrogens with one attached hydrogen (secondary N) is 1. The monoisotopic (exact) mass is 284 g/mol. The zero-order valence-electron chi connectivity index (χ0n) is 8.22. The number of rotatable bonds is 2. The Morgan fingerprint density at radius 2 is 2.00 bits per heavy atom. The summed E-state index contributed by atoms with van der Waals surface area (Å²) in [6.45, 7) is 2.00. The molecule has 1 aromatic heterocycles. The second kappa shape index (κ2) is 4.37.